The van der Waals surface area contributed by atoms with Crippen molar-refractivity contribution in [2.45, 2.75) is 25.8 Å². The first-order chi connectivity index (χ1) is 9.51. The van der Waals surface area contributed by atoms with Gasteiger partial charge in [0.1, 0.15) is 17.3 Å². The second-order valence-corrected chi connectivity index (χ2v) is 4.26. The molecule has 7 nitrogen and oxygen atoms in total. The molecule has 0 radical (unpaired) electrons. The van der Waals surface area contributed by atoms with Gasteiger partial charge in [0.05, 0.1) is 12.7 Å². The molecule has 1 amide bonds. The predicted octanol–water partition coefficient (Wildman–Crippen LogP) is 1.05. The topological polar surface area (TPSA) is 117 Å². The fourth-order valence-corrected chi connectivity index (χ4v) is 1.68. The van der Waals surface area contributed by atoms with Gasteiger partial charge < -0.3 is 26.1 Å². The zero-order valence-electron chi connectivity index (χ0n) is 11.5. The number of oxime groups is 1. The van der Waals surface area contributed by atoms with E-state index >= 15 is 0 Å². The van der Waals surface area contributed by atoms with E-state index in [1.807, 2.05) is 6.92 Å². The van der Waals surface area contributed by atoms with Gasteiger partial charge in [0, 0.05) is 18.5 Å². The van der Waals surface area contributed by atoms with Crippen LogP contribution in [0.4, 0.5) is 0 Å². The molecule has 0 aliphatic carbocycles. The van der Waals surface area contributed by atoms with Gasteiger partial charge >= 0.3 is 0 Å². The number of amidine groups is 1. The summed E-state index contributed by atoms with van der Waals surface area (Å²) < 4.78 is 4.95. The van der Waals surface area contributed by atoms with E-state index in [9.17, 15) is 9.90 Å². The van der Waals surface area contributed by atoms with E-state index < -0.39 is 5.91 Å². The SMILES string of the molecule is CCC(CC(N)=NO)NC(=O)c1ccc(OC)cc1O. The lowest BCUT2D eigenvalue weighted by atomic mass is 10.1. The van der Waals surface area contributed by atoms with Crippen LogP contribution in [0, 0.1) is 0 Å². The number of nitrogens with one attached hydrogen (secondary N) is 1. The molecule has 0 bridgehead atoms. The van der Waals surface area contributed by atoms with E-state index in [4.69, 9.17) is 15.7 Å². The summed E-state index contributed by atoms with van der Waals surface area (Å²) >= 11 is 0. The highest BCUT2D eigenvalue weighted by Gasteiger charge is 2.17. The molecule has 1 aromatic rings. The maximum Gasteiger partial charge on any atom is 0.255 e. The highest BCUT2D eigenvalue weighted by atomic mass is 16.5. The number of benzene rings is 1. The van der Waals surface area contributed by atoms with Crippen LogP contribution in [0.1, 0.15) is 30.1 Å². The zero-order chi connectivity index (χ0) is 15.1. The lowest BCUT2D eigenvalue weighted by Crippen LogP contribution is -2.37. The van der Waals surface area contributed by atoms with E-state index in [0.29, 0.717) is 12.2 Å². The van der Waals surface area contributed by atoms with Crippen LogP contribution < -0.4 is 15.8 Å². The number of ether oxygens (including phenoxy) is 1. The summed E-state index contributed by atoms with van der Waals surface area (Å²) in [5, 5.41) is 23.9. The Morgan fingerprint density at radius 3 is 2.75 bits per heavy atom. The van der Waals surface area contributed by atoms with Gasteiger partial charge in [0.25, 0.3) is 5.91 Å². The number of aromatic hydroxyl groups is 1. The Morgan fingerprint density at radius 2 is 2.25 bits per heavy atom. The van der Waals surface area contributed by atoms with Gasteiger partial charge in [-0.05, 0) is 18.6 Å². The van der Waals surface area contributed by atoms with Crippen molar-refractivity contribution in [3.63, 3.8) is 0 Å². The van der Waals surface area contributed by atoms with Gasteiger partial charge in [0.15, 0.2) is 0 Å². The number of phenols is 1. The molecule has 0 aromatic heterocycles. The molecule has 0 fully saturated rings. The summed E-state index contributed by atoms with van der Waals surface area (Å²) in [6.07, 6.45) is 0.842. The van der Waals surface area contributed by atoms with Gasteiger partial charge in [-0.1, -0.05) is 12.1 Å². The summed E-state index contributed by atoms with van der Waals surface area (Å²) in [6, 6.07) is 4.14. The first-order valence-corrected chi connectivity index (χ1v) is 6.16. The number of hydrogen-bond acceptors (Lipinski definition) is 5. The molecule has 20 heavy (non-hydrogen) atoms. The number of nitrogens with two attached hydrogens (primary N) is 1. The Bertz CT molecular complexity index is 502. The maximum absolute atomic E-state index is 12.0. The van der Waals surface area contributed by atoms with Crippen LogP contribution in [0.3, 0.4) is 0 Å². The van der Waals surface area contributed by atoms with E-state index in [0.717, 1.165) is 0 Å². The number of nitrogens with zero attached hydrogens (tertiary/aromatic N) is 1. The van der Waals surface area contributed by atoms with Crippen molar-refractivity contribution in [1.29, 1.82) is 0 Å². The van der Waals surface area contributed by atoms with Gasteiger partial charge in [-0.3, -0.25) is 4.79 Å². The van der Waals surface area contributed by atoms with Crippen LogP contribution in [-0.2, 0) is 0 Å². The minimum Gasteiger partial charge on any atom is -0.507 e. The van der Waals surface area contributed by atoms with Crippen molar-refractivity contribution in [1.82, 2.24) is 5.32 Å². The smallest absolute Gasteiger partial charge is 0.255 e. The normalized spacial score (nSPS) is 12.8. The van der Waals surface area contributed by atoms with Gasteiger partial charge in [-0.15, -0.1) is 0 Å². The lowest BCUT2D eigenvalue weighted by molar-refractivity contribution is 0.0934. The molecule has 0 heterocycles. The molecular formula is C13H19N3O4. The minimum atomic E-state index is -0.428. The second-order valence-electron chi connectivity index (χ2n) is 4.26. The molecule has 1 rings (SSSR count). The largest absolute Gasteiger partial charge is 0.507 e. The predicted molar refractivity (Wildman–Crippen MR) is 74.2 cm³/mol. The summed E-state index contributed by atoms with van der Waals surface area (Å²) in [5.41, 5.74) is 5.56. The molecule has 1 atom stereocenters. The molecule has 0 spiro atoms. The van der Waals surface area contributed by atoms with Gasteiger partial charge in [-0.25, -0.2) is 0 Å². The lowest BCUT2D eigenvalue weighted by Gasteiger charge is -2.16. The summed E-state index contributed by atoms with van der Waals surface area (Å²) in [7, 11) is 1.47. The quantitative estimate of drug-likeness (QED) is 0.269. The van der Waals surface area contributed by atoms with Crippen LogP contribution in [0.15, 0.2) is 23.4 Å². The van der Waals surface area contributed by atoms with Crippen molar-refractivity contribution >= 4 is 11.7 Å². The third kappa shape index (κ3) is 4.04. The van der Waals surface area contributed by atoms with E-state index in [2.05, 4.69) is 10.5 Å². The average molecular weight is 281 g/mol. The highest BCUT2D eigenvalue weighted by molar-refractivity contribution is 5.97. The number of methoxy groups -OCH3 is 1. The fraction of sp³-hybridized carbons (Fsp3) is 0.385. The molecule has 110 valence electrons. The maximum atomic E-state index is 12.0. The average Bonchev–Trinajstić information content (AvgIpc) is 2.45. The van der Waals surface area contributed by atoms with E-state index in [1.54, 1.807) is 6.07 Å². The molecule has 1 aromatic carbocycles. The molecule has 0 saturated carbocycles. The van der Waals surface area contributed by atoms with E-state index in [1.165, 1.54) is 19.2 Å². The van der Waals surface area contributed by atoms with Crippen LogP contribution in [0.5, 0.6) is 11.5 Å². The van der Waals surface area contributed by atoms with Crippen LogP contribution in [0.2, 0.25) is 0 Å². The third-order valence-electron chi connectivity index (χ3n) is 2.86. The molecular weight excluding hydrogens is 262 g/mol. The molecule has 0 aliphatic rings. The Kier molecular flexibility index (Phi) is 5.64. The number of carbonyl (C=O) groups is 1. The number of carbonyl (C=O) groups excluding carboxylic acids is 1. The third-order valence-corrected chi connectivity index (χ3v) is 2.86. The number of amides is 1. The standard InChI is InChI=1S/C13H19N3O4/c1-3-8(6-12(14)16-19)15-13(18)10-5-4-9(20-2)7-11(10)17/h4-5,7-8,17,19H,3,6H2,1-2H3,(H2,14,16)(H,15,18). The Labute approximate surface area is 117 Å². The van der Waals surface area contributed by atoms with Gasteiger partial charge in [0.2, 0.25) is 0 Å². The number of phenolic OH excluding ortho intramolecular Hbond substituents is 1. The van der Waals surface area contributed by atoms with Crippen molar-refractivity contribution in [3.8, 4) is 11.5 Å². The summed E-state index contributed by atoms with van der Waals surface area (Å²) in [4.78, 5) is 12.0. The monoisotopic (exact) mass is 281 g/mol. The molecule has 7 heteroatoms. The van der Waals surface area contributed by atoms with Crippen molar-refractivity contribution in [3.05, 3.63) is 23.8 Å². The highest BCUT2D eigenvalue weighted by Crippen LogP contribution is 2.23. The van der Waals surface area contributed by atoms with Crippen LogP contribution in [-0.4, -0.2) is 35.2 Å². The van der Waals surface area contributed by atoms with Crippen LogP contribution in [0.25, 0.3) is 0 Å². The first-order valence-electron chi connectivity index (χ1n) is 6.16. The van der Waals surface area contributed by atoms with Gasteiger partial charge in [-0.2, -0.15) is 0 Å². The van der Waals surface area contributed by atoms with Crippen molar-refractivity contribution in [2.75, 3.05) is 7.11 Å². The van der Waals surface area contributed by atoms with Crippen molar-refractivity contribution in [2.24, 2.45) is 10.9 Å². The number of hydrogen-bond donors (Lipinski definition) is 4. The Hall–Kier alpha value is -2.44. The Morgan fingerprint density at radius 1 is 1.55 bits per heavy atom. The van der Waals surface area contributed by atoms with Crippen LogP contribution >= 0.6 is 0 Å². The minimum absolute atomic E-state index is 0.0381. The fourth-order valence-electron chi connectivity index (χ4n) is 1.68. The summed E-state index contributed by atoms with van der Waals surface area (Å²) in [6.45, 7) is 1.86. The first kappa shape index (κ1) is 15.6. The summed E-state index contributed by atoms with van der Waals surface area (Å²) in [5.74, 6) is -0.0953. The molecule has 0 saturated heterocycles. The molecule has 5 N–H and O–H groups in total. The van der Waals surface area contributed by atoms with E-state index in [-0.39, 0.29) is 29.6 Å². The number of rotatable bonds is 6. The Balaban J connectivity index is 2.79. The second kappa shape index (κ2) is 7.22. The molecule has 0 aliphatic heterocycles. The molecule has 1 unspecified atom stereocenters. The zero-order valence-corrected chi connectivity index (χ0v) is 11.5. The van der Waals surface area contributed by atoms with Crippen molar-refractivity contribution < 1.29 is 19.8 Å².